The molecule has 0 aliphatic rings. The van der Waals surface area contributed by atoms with E-state index in [9.17, 15) is 30.4 Å². The van der Waals surface area contributed by atoms with Gasteiger partial charge in [0.2, 0.25) is 0 Å². The minimum absolute atomic E-state index is 0.405. The molecule has 0 radical (unpaired) electrons. The van der Waals surface area contributed by atoms with E-state index in [0.29, 0.717) is 6.07 Å². The van der Waals surface area contributed by atoms with Crippen LogP contribution in [0.15, 0.2) is 11.1 Å². The maximum atomic E-state index is 12.7. The van der Waals surface area contributed by atoms with Crippen LogP contribution in [0.3, 0.4) is 0 Å². The number of primary sulfonamides is 1. The van der Waals surface area contributed by atoms with Crippen LogP contribution in [0.5, 0.6) is 0 Å². The first-order chi connectivity index (χ1) is 8.48. The molecule has 5 nitrogen and oxygen atoms in total. The van der Waals surface area contributed by atoms with E-state index in [-0.39, 0.29) is 0 Å². The Kier molecular flexibility index (Phi) is 4.12. The minimum Gasteiger partial charge on any atom is -0.325 e. The molecular formula is C8H8F5N3O2S. The Morgan fingerprint density at radius 3 is 2.16 bits per heavy atom. The molecule has 0 amide bonds. The average molecular weight is 305 g/mol. The molecule has 0 saturated carbocycles. The second kappa shape index (κ2) is 4.98. The number of nitrogens with two attached hydrogens (primary N) is 2. The lowest BCUT2D eigenvalue weighted by Crippen LogP contribution is -2.24. The van der Waals surface area contributed by atoms with Crippen LogP contribution in [0.2, 0.25) is 0 Å². The van der Waals surface area contributed by atoms with Crippen LogP contribution in [0.25, 0.3) is 0 Å². The molecule has 108 valence electrons. The van der Waals surface area contributed by atoms with Gasteiger partial charge in [-0.15, -0.1) is 0 Å². The van der Waals surface area contributed by atoms with Crippen molar-refractivity contribution in [2.45, 2.75) is 24.2 Å². The molecule has 0 bridgehead atoms. The summed E-state index contributed by atoms with van der Waals surface area (Å²) >= 11 is 0. The molecule has 19 heavy (non-hydrogen) atoms. The van der Waals surface area contributed by atoms with Gasteiger partial charge in [0, 0.05) is 12.1 Å². The van der Waals surface area contributed by atoms with Crippen molar-refractivity contribution in [3.8, 4) is 0 Å². The van der Waals surface area contributed by atoms with E-state index in [2.05, 4.69) is 10.1 Å². The predicted octanol–water partition coefficient (Wildman–Crippen LogP) is 1.14. The summed E-state index contributed by atoms with van der Waals surface area (Å²) in [6.07, 6.45) is -8.89. The average Bonchev–Trinajstić information content (AvgIpc) is 2.24. The first-order valence-electron chi connectivity index (χ1n) is 4.60. The maximum Gasteiger partial charge on any atom is 0.419 e. The summed E-state index contributed by atoms with van der Waals surface area (Å²) in [5.41, 5.74) is 1.04. The van der Waals surface area contributed by atoms with Crippen LogP contribution in [0.1, 0.15) is 23.2 Å². The normalized spacial score (nSPS) is 13.1. The summed E-state index contributed by atoms with van der Waals surface area (Å²) in [7, 11) is -4.93. The smallest absolute Gasteiger partial charge is 0.325 e. The molecule has 4 N–H and O–H groups in total. The SMILES string of the molecule is NCc1cc(C(F)F)c(C(F)(F)F)c(S(N)(=O)=O)n1. The largest absolute Gasteiger partial charge is 0.419 e. The van der Waals surface area contributed by atoms with Gasteiger partial charge in [0.15, 0.2) is 5.03 Å². The van der Waals surface area contributed by atoms with E-state index in [1.807, 2.05) is 0 Å². The number of alkyl halides is 5. The third kappa shape index (κ3) is 3.36. The lowest BCUT2D eigenvalue weighted by molar-refractivity contribution is -0.142. The Morgan fingerprint density at radius 2 is 1.84 bits per heavy atom. The highest BCUT2D eigenvalue weighted by molar-refractivity contribution is 7.89. The molecule has 1 aromatic heterocycles. The second-order valence-corrected chi connectivity index (χ2v) is 4.91. The third-order valence-electron chi connectivity index (χ3n) is 2.07. The van der Waals surface area contributed by atoms with Gasteiger partial charge in [-0.1, -0.05) is 0 Å². The van der Waals surface area contributed by atoms with Gasteiger partial charge in [-0.25, -0.2) is 27.3 Å². The first-order valence-corrected chi connectivity index (χ1v) is 6.15. The van der Waals surface area contributed by atoms with Crippen LogP contribution in [-0.4, -0.2) is 13.4 Å². The van der Waals surface area contributed by atoms with E-state index >= 15 is 0 Å². The van der Waals surface area contributed by atoms with Crippen molar-refractivity contribution in [1.29, 1.82) is 0 Å². The van der Waals surface area contributed by atoms with Gasteiger partial charge in [-0.2, -0.15) is 13.2 Å². The molecule has 1 heterocycles. The molecule has 0 aromatic carbocycles. The Hall–Kier alpha value is -1.33. The van der Waals surface area contributed by atoms with Crippen molar-refractivity contribution in [2.75, 3.05) is 0 Å². The number of aromatic nitrogens is 1. The van der Waals surface area contributed by atoms with E-state index in [0.717, 1.165) is 0 Å². The molecular weight excluding hydrogens is 297 g/mol. The monoisotopic (exact) mass is 305 g/mol. The fraction of sp³-hybridized carbons (Fsp3) is 0.375. The highest BCUT2D eigenvalue weighted by Crippen LogP contribution is 2.39. The van der Waals surface area contributed by atoms with E-state index in [4.69, 9.17) is 5.73 Å². The van der Waals surface area contributed by atoms with Gasteiger partial charge >= 0.3 is 6.18 Å². The quantitative estimate of drug-likeness (QED) is 0.818. The van der Waals surface area contributed by atoms with Crippen LogP contribution >= 0.6 is 0 Å². The fourth-order valence-electron chi connectivity index (χ4n) is 1.36. The summed E-state index contributed by atoms with van der Waals surface area (Å²) < 4.78 is 85.6. The van der Waals surface area contributed by atoms with Crippen LogP contribution < -0.4 is 10.9 Å². The van der Waals surface area contributed by atoms with E-state index in [1.54, 1.807) is 0 Å². The lowest BCUT2D eigenvalue weighted by atomic mass is 10.1. The van der Waals surface area contributed by atoms with Crippen molar-refractivity contribution in [3.63, 3.8) is 0 Å². The number of nitrogens with zero attached hydrogens (tertiary/aromatic N) is 1. The van der Waals surface area contributed by atoms with Gasteiger partial charge in [-0.3, -0.25) is 0 Å². The molecule has 0 aliphatic heterocycles. The molecule has 0 fully saturated rings. The lowest BCUT2D eigenvalue weighted by Gasteiger charge is -2.16. The molecule has 1 aromatic rings. The highest BCUT2D eigenvalue weighted by atomic mass is 32.2. The van der Waals surface area contributed by atoms with Crippen LogP contribution in [-0.2, 0) is 22.7 Å². The van der Waals surface area contributed by atoms with Gasteiger partial charge in [0.1, 0.15) is 5.56 Å². The summed E-state index contributed by atoms with van der Waals surface area (Å²) in [5, 5.41) is 2.92. The Labute approximate surface area is 104 Å². The molecule has 1 rings (SSSR count). The Bertz CT molecular complexity index is 585. The molecule has 0 atom stereocenters. The van der Waals surface area contributed by atoms with E-state index in [1.165, 1.54) is 0 Å². The highest BCUT2D eigenvalue weighted by Gasteiger charge is 2.42. The van der Waals surface area contributed by atoms with Gasteiger partial charge < -0.3 is 5.73 Å². The number of rotatable bonds is 3. The fourth-order valence-corrected chi connectivity index (χ4v) is 2.12. The van der Waals surface area contributed by atoms with Gasteiger partial charge in [0.05, 0.1) is 5.69 Å². The topological polar surface area (TPSA) is 99.1 Å². The molecule has 0 aliphatic carbocycles. The van der Waals surface area contributed by atoms with E-state index < -0.39 is 51.0 Å². The Morgan fingerprint density at radius 1 is 1.32 bits per heavy atom. The zero-order chi connectivity index (χ0) is 15.0. The van der Waals surface area contributed by atoms with Crippen molar-refractivity contribution >= 4 is 10.0 Å². The summed E-state index contributed by atoms with van der Waals surface area (Å²) in [6.45, 7) is -0.514. The van der Waals surface area contributed by atoms with Gasteiger partial charge in [0.25, 0.3) is 16.4 Å². The van der Waals surface area contributed by atoms with Gasteiger partial charge in [-0.05, 0) is 6.07 Å². The molecule has 11 heteroatoms. The number of hydrogen-bond acceptors (Lipinski definition) is 4. The third-order valence-corrected chi connectivity index (χ3v) is 2.90. The first kappa shape index (κ1) is 15.7. The molecule has 0 spiro atoms. The van der Waals surface area contributed by atoms with Crippen LogP contribution in [0.4, 0.5) is 22.0 Å². The number of hydrogen-bond donors (Lipinski definition) is 2. The van der Waals surface area contributed by atoms with Crippen molar-refractivity contribution in [1.82, 2.24) is 4.98 Å². The second-order valence-electron chi connectivity index (χ2n) is 3.43. The number of sulfonamides is 1. The van der Waals surface area contributed by atoms with Crippen molar-refractivity contribution in [2.24, 2.45) is 10.9 Å². The van der Waals surface area contributed by atoms with Crippen molar-refractivity contribution < 1.29 is 30.4 Å². The van der Waals surface area contributed by atoms with Crippen molar-refractivity contribution in [3.05, 3.63) is 22.9 Å². The number of halogens is 5. The Balaban J connectivity index is 3.83. The zero-order valence-electron chi connectivity index (χ0n) is 9.08. The standard InChI is InChI=1S/C8H8F5N3O2S/c9-6(10)4-1-3(2-14)16-7(19(15,17)18)5(4)8(11,12)13/h1,6H,2,14H2,(H2,15,17,18). The number of pyridine rings is 1. The maximum absolute atomic E-state index is 12.7. The summed E-state index contributed by atoms with van der Waals surface area (Å²) in [4.78, 5) is 3.08. The predicted molar refractivity (Wildman–Crippen MR) is 53.5 cm³/mol. The molecule has 0 unspecified atom stereocenters. The minimum atomic E-state index is -5.34. The van der Waals surface area contributed by atoms with Crippen LogP contribution in [0, 0.1) is 0 Å². The summed E-state index contributed by atoms with van der Waals surface area (Å²) in [6, 6.07) is 0.405. The summed E-state index contributed by atoms with van der Waals surface area (Å²) in [5.74, 6) is 0. The molecule has 0 saturated heterocycles. The zero-order valence-corrected chi connectivity index (χ0v) is 9.89.